The molecule has 28 heavy (non-hydrogen) atoms. The first-order valence-corrected chi connectivity index (χ1v) is 8.06. The van der Waals surface area contributed by atoms with Gasteiger partial charge in [-0.05, 0) is 30.2 Å². The van der Waals surface area contributed by atoms with E-state index in [9.17, 15) is 22.8 Å². The number of rotatable bonds is 4. The molecule has 0 unspecified atom stereocenters. The van der Waals surface area contributed by atoms with Crippen LogP contribution in [0.2, 0.25) is 0 Å². The lowest BCUT2D eigenvalue weighted by Gasteiger charge is -2.17. The zero-order valence-electron chi connectivity index (χ0n) is 14.4. The number of likely N-dealkylation sites (tertiary alicyclic amines) is 1. The molecule has 2 heterocycles. The molecule has 1 aliphatic rings. The summed E-state index contributed by atoms with van der Waals surface area (Å²) in [5, 5.41) is 10.7. The zero-order chi connectivity index (χ0) is 20.9. The number of nitrogens with one attached hydrogen (secondary N) is 1. The summed E-state index contributed by atoms with van der Waals surface area (Å²) in [7, 11) is 0. The summed E-state index contributed by atoms with van der Waals surface area (Å²) in [5.41, 5.74) is 7.54. The number of hydrogen-bond donors (Lipinski definition) is 3. The third-order valence-corrected chi connectivity index (χ3v) is 4.01. The van der Waals surface area contributed by atoms with Gasteiger partial charge in [0.15, 0.2) is 0 Å². The maximum Gasteiger partial charge on any atom is 0.490 e. The van der Waals surface area contributed by atoms with E-state index in [0.29, 0.717) is 31.7 Å². The van der Waals surface area contributed by atoms with Gasteiger partial charge in [-0.1, -0.05) is 12.1 Å². The molecule has 2 aromatic rings. The first kappa shape index (κ1) is 20.9. The number of halogens is 3. The topological polar surface area (TPSA) is 126 Å². The van der Waals surface area contributed by atoms with Crippen molar-refractivity contribution in [2.75, 3.05) is 12.3 Å². The molecule has 1 aromatic heterocycles. The van der Waals surface area contributed by atoms with E-state index in [2.05, 4.69) is 10.3 Å². The Kier molecular flexibility index (Phi) is 6.39. The maximum absolute atomic E-state index is 12.2. The van der Waals surface area contributed by atoms with Crippen LogP contribution in [0.1, 0.15) is 12.0 Å². The number of benzene rings is 1. The normalized spacial score (nSPS) is 16.5. The van der Waals surface area contributed by atoms with E-state index in [1.807, 2.05) is 24.3 Å². The van der Waals surface area contributed by atoms with Gasteiger partial charge in [0.05, 0.1) is 5.52 Å². The smallest absolute Gasteiger partial charge is 0.475 e. The Morgan fingerprint density at radius 1 is 1.36 bits per heavy atom. The Morgan fingerprint density at radius 2 is 2.04 bits per heavy atom. The van der Waals surface area contributed by atoms with Gasteiger partial charge in [0.2, 0.25) is 12.3 Å². The minimum atomic E-state index is -5.08. The summed E-state index contributed by atoms with van der Waals surface area (Å²) in [6, 6.07) is 9.08. The van der Waals surface area contributed by atoms with Crippen molar-refractivity contribution in [3.05, 3.63) is 35.9 Å². The Labute approximate surface area is 157 Å². The molecule has 8 nitrogen and oxygen atoms in total. The van der Waals surface area contributed by atoms with Crippen LogP contribution < -0.4 is 11.1 Å². The van der Waals surface area contributed by atoms with Crippen molar-refractivity contribution < 1.29 is 32.7 Å². The molecule has 1 fully saturated rings. The fraction of sp³-hybridized carbons (Fsp3) is 0.294. The number of nitrogen functional groups attached to an aromatic ring is 1. The van der Waals surface area contributed by atoms with E-state index in [1.54, 1.807) is 11.0 Å². The number of pyridine rings is 1. The molecule has 3 rings (SSSR count). The molecule has 1 aliphatic heterocycles. The summed E-state index contributed by atoms with van der Waals surface area (Å²) >= 11 is 0. The number of hydrogen-bond acceptors (Lipinski definition) is 5. The van der Waals surface area contributed by atoms with Crippen LogP contribution >= 0.6 is 0 Å². The average molecular weight is 398 g/mol. The lowest BCUT2D eigenvalue weighted by molar-refractivity contribution is -0.192. The van der Waals surface area contributed by atoms with Gasteiger partial charge in [0.25, 0.3) is 0 Å². The quantitative estimate of drug-likeness (QED) is 0.667. The number of alkyl halides is 3. The van der Waals surface area contributed by atoms with Crippen LogP contribution in [0.25, 0.3) is 10.9 Å². The molecule has 0 aliphatic carbocycles. The molecule has 0 spiro atoms. The summed E-state index contributed by atoms with van der Waals surface area (Å²) < 4.78 is 31.7. The van der Waals surface area contributed by atoms with Gasteiger partial charge in [0, 0.05) is 18.5 Å². The molecule has 11 heteroatoms. The van der Waals surface area contributed by atoms with Crippen LogP contribution in [0, 0.1) is 0 Å². The molecule has 2 amide bonds. The van der Waals surface area contributed by atoms with Gasteiger partial charge in [-0.25, -0.2) is 9.78 Å². The van der Waals surface area contributed by atoms with E-state index in [0.717, 1.165) is 16.5 Å². The predicted octanol–water partition coefficient (Wildman–Crippen LogP) is 1.30. The minimum absolute atomic E-state index is 0.0393. The van der Waals surface area contributed by atoms with Gasteiger partial charge < -0.3 is 21.1 Å². The fourth-order valence-electron chi connectivity index (χ4n) is 2.71. The third kappa shape index (κ3) is 5.09. The number of anilines is 1. The second-order valence-electron chi connectivity index (χ2n) is 5.91. The summed E-state index contributed by atoms with van der Waals surface area (Å²) in [6.45, 7) is 1.15. The summed E-state index contributed by atoms with van der Waals surface area (Å²) in [4.78, 5) is 37.6. The van der Waals surface area contributed by atoms with E-state index >= 15 is 0 Å². The van der Waals surface area contributed by atoms with Crippen molar-refractivity contribution in [2.24, 2.45) is 0 Å². The second-order valence-corrected chi connectivity index (χ2v) is 5.91. The Hall–Kier alpha value is -3.37. The van der Waals surface area contributed by atoms with E-state index < -0.39 is 18.2 Å². The number of amides is 2. The Bertz CT molecular complexity index is 888. The lowest BCUT2D eigenvalue weighted by atomic mass is 10.1. The standard InChI is InChI=1S/C15H16N4O2.C2HF3O2/c16-14-5-4-11-10(2-1-3-12(11)18-14)8-19-7-6-13(15(19)21)17-9-20;3-2(4,5)1(6)7/h1-5,9,13H,6-8H2,(H2,16,18)(H,17,20);(H,6,7)/t13-;/m0./s1. The maximum atomic E-state index is 12.2. The van der Waals surface area contributed by atoms with E-state index in [4.69, 9.17) is 15.6 Å². The van der Waals surface area contributed by atoms with E-state index in [1.165, 1.54) is 0 Å². The molecule has 0 bridgehead atoms. The molecule has 1 atom stereocenters. The van der Waals surface area contributed by atoms with Crippen LogP contribution in [0.5, 0.6) is 0 Å². The second kappa shape index (κ2) is 8.55. The van der Waals surface area contributed by atoms with Crippen molar-refractivity contribution in [3.8, 4) is 0 Å². The summed E-state index contributed by atoms with van der Waals surface area (Å²) in [6.07, 6.45) is -3.86. The zero-order valence-corrected chi connectivity index (χ0v) is 14.4. The summed E-state index contributed by atoms with van der Waals surface area (Å²) in [5.74, 6) is -2.32. The van der Waals surface area contributed by atoms with Gasteiger partial charge >= 0.3 is 12.1 Å². The molecule has 150 valence electrons. The minimum Gasteiger partial charge on any atom is -0.475 e. The van der Waals surface area contributed by atoms with Crippen molar-refractivity contribution >= 4 is 35.0 Å². The van der Waals surface area contributed by atoms with Crippen LogP contribution in [0.15, 0.2) is 30.3 Å². The number of aliphatic carboxylic acids is 1. The molecule has 0 saturated carbocycles. The number of fused-ring (bicyclic) bond motifs is 1. The highest BCUT2D eigenvalue weighted by atomic mass is 19.4. The number of carboxylic acid groups (broad SMARTS) is 1. The number of carboxylic acids is 1. The highest BCUT2D eigenvalue weighted by molar-refractivity contribution is 5.87. The van der Waals surface area contributed by atoms with Gasteiger partial charge in [0.1, 0.15) is 11.9 Å². The number of carbonyl (C=O) groups is 3. The number of nitrogens with zero attached hydrogens (tertiary/aromatic N) is 2. The molecule has 4 N–H and O–H groups in total. The molecular weight excluding hydrogens is 381 g/mol. The van der Waals surface area contributed by atoms with Crippen molar-refractivity contribution in [1.82, 2.24) is 15.2 Å². The first-order valence-electron chi connectivity index (χ1n) is 8.06. The van der Waals surface area contributed by atoms with Crippen LogP contribution in [0.3, 0.4) is 0 Å². The molecule has 0 radical (unpaired) electrons. The highest BCUT2D eigenvalue weighted by Crippen LogP contribution is 2.22. The number of carbonyl (C=O) groups excluding carboxylic acids is 2. The Balaban J connectivity index is 0.000000345. The fourth-order valence-corrected chi connectivity index (χ4v) is 2.71. The van der Waals surface area contributed by atoms with Crippen molar-refractivity contribution in [2.45, 2.75) is 25.2 Å². The molecule has 1 saturated heterocycles. The Morgan fingerprint density at radius 3 is 2.64 bits per heavy atom. The largest absolute Gasteiger partial charge is 0.490 e. The highest BCUT2D eigenvalue weighted by Gasteiger charge is 2.38. The van der Waals surface area contributed by atoms with Crippen molar-refractivity contribution in [1.29, 1.82) is 0 Å². The van der Waals surface area contributed by atoms with Crippen LogP contribution in [-0.2, 0) is 20.9 Å². The van der Waals surface area contributed by atoms with Crippen LogP contribution in [0.4, 0.5) is 19.0 Å². The molecule has 1 aromatic carbocycles. The SMILES string of the molecule is Nc1ccc2c(CN3CC[C@H](NC=O)C3=O)cccc2n1.O=C(O)C(F)(F)F. The first-order chi connectivity index (χ1) is 13.1. The number of aromatic nitrogens is 1. The van der Waals surface area contributed by atoms with Gasteiger partial charge in [-0.3, -0.25) is 9.59 Å². The third-order valence-electron chi connectivity index (χ3n) is 4.01. The number of nitrogens with two attached hydrogens (primary N) is 1. The monoisotopic (exact) mass is 398 g/mol. The molecular formula is C17H17F3N4O4. The predicted molar refractivity (Wildman–Crippen MR) is 92.9 cm³/mol. The van der Waals surface area contributed by atoms with Gasteiger partial charge in [-0.15, -0.1) is 0 Å². The van der Waals surface area contributed by atoms with E-state index in [-0.39, 0.29) is 5.91 Å². The van der Waals surface area contributed by atoms with Crippen molar-refractivity contribution in [3.63, 3.8) is 0 Å². The van der Waals surface area contributed by atoms with Gasteiger partial charge in [-0.2, -0.15) is 13.2 Å². The van der Waals surface area contributed by atoms with Crippen LogP contribution in [-0.4, -0.2) is 52.0 Å². The lowest BCUT2D eigenvalue weighted by Crippen LogP contribution is -2.37. The average Bonchev–Trinajstić information content (AvgIpc) is 2.95.